The number of hydrogen-bond donors (Lipinski definition) is 1. The predicted octanol–water partition coefficient (Wildman–Crippen LogP) is 3.17. The van der Waals surface area contributed by atoms with E-state index in [9.17, 15) is 18.4 Å². The van der Waals surface area contributed by atoms with Gasteiger partial charge in [-0.15, -0.1) is 0 Å². The van der Waals surface area contributed by atoms with E-state index < -0.39 is 23.5 Å². The molecule has 0 spiro atoms. The van der Waals surface area contributed by atoms with Crippen LogP contribution in [0.25, 0.3) is 0 Å². The Balaban J connectivity index is 1.84. The number of nitrogens with one attached hydrogen (secondary N) is 1. The molecule has 1 heterocycles. The third-order valence-electron chi connectivity index (χ3n) is 4.61. The van der Waals surface area contributed by atoms with Crippen molar-refractivity contribution in [2.24, 2.45) is 5.92 Å². The number of benzene rings is 2. The molecule has 5 nitrogen and oxygen atoms in total. The highest BCUT2D eigenvalue weighted by atomic mass is 19.1. The molecule has 0 aliphatic carbocycles. The summed E-state index contributed by atoms with van der Waals surface area (Å²) < 4.78 is 32.3. The van der Waals surface area contributed by atoms with Gasteiger partial charge in [-0.2, -0.15) is 0 Å². The van der Waals surface area contributed by atoms with Crippen LogP contribution < -0.4 is 10.1 Å². The highest BCUT2D eigenvalue weighted by Gasteiger charge is 2.44. The molecule has 2 atom stereocenters. The molecule has 3 rings (SSSR count). The minimum atomic E-state index is -0.989. The number of carbonyl (C=O) groups is 2. The zero-order chi connectivity index (χ0) is 19.6. The van der Waals surface area contributed by atoms with E-state index in [0.29, 0.717) is 25.0 Å². The normalized spacial score (nSPS) is 19.3. The number of carbonyl (C=O) groups excluding carboxylic acids is 2. The van der Waals surface area contributed by atoms with Crippen molar-refractivity contribution in [2.45, 2.75) is 12.8 Å². The summed E-state index contributed by atoms with van der Waals surface area (Å²) in [6.45, 7) is 2.79. The minimum absolute atomic E-state index is 0.158. The Morgan fingerprint density at radius 3 is 2.56 bits per heavy atom. The average molecular weight is 374 g/mol. The molecule has 1 N–H and O–H groups in total. The van der Waals surface area contributed by atoms with Crippen molar-refractivity contribution < 1.29 is 23.1 Å². The van der Waals surface area contributed by atoms with Crippen LogP contribution in [-0.4, -0.2) is 36.9 Å². The first-order valence-corrected chi connectivity index (χ1v) is 8.64. The Morgan fingerprint density at radius 2 is 1.93 bits per heavy atom. The van der Waals surface area contributed by atoms with Crippen LogP contribution in [0.4, 0.5) is 14.5 Å². The number of nitrogens with zero attached hydrogens (tertiary/aromatic N) is 1. The largest absolute Gasteiger partial charge is 0.494 e. The van der Waals surface area contributed by atoms with E-state index in [2.05, 4.69) is 5.32 Å². The first-order valence-electron chi connectivity index (χ1n) is 8.64. The first kappa shape index (κ1) is 18.8. The van der Waals surface area contributed by atoms with Gasteiger partial charge in [-0.1, -0.05) is 12.1 Å². The summed E-state index contributed by atoms with van der Waals surface area (Å²) in [5.41, 5.74) is 0.657. The SMILES string of the molecule is CCOc1ccc([C@H]2CN(C)C(=O)[C@@H]2C(=O)Nc2ccc(F)cc2F)cc1. The number of halogens is 2. The van der Waals surface area contributed by atoms with Crippen LogP contribution in [0.2, 0.25) is 0 Å². The Morgan fingerprint density at radius 1 is 1.22 bits per heavy atom. The van der Waals surface area contributed by atoms with Crippen molar-refractivity contribution in [1.29, 1.82) is 0 Å². The van der Waals surface area contributed by atoms with Crippen molar-refractivity contribution >= 4 is 17.5 Å². The van der Waals surface area contributed by atoms with Gasteiger partial charge in [0.15, 0.2) is 0 Å². The Bertz CT molecular complexity index is 855. The monoisotopic (exact) mass is 374 g/mol. The van der Waals surface area contributed by atoms with Crippen molar-refractivity contribution in [2.75, 3.05) is 25.5 Å². The van der Waals surface area contributed by atoms with Crippen LogP contribution >= 0.6 is 0 Å². The fourth-order valence-electron chi connectivity index (χ4n) is 3.27. The fourth-order valence-corrected chi connectivity index (χ4v) is 3.27. The number of amides is 2. The zero-order valence-corrected chi connectivity index (χ0v) is 15.0. The van der Waals surface area contributed by atoms with Crippen molar-refractivity contribution in [3.63, 3.8) is 0 Å². The molecule has 0 bridgehead atoms. The maximum absolute atomic E-state index is 13.8. The van der Waals surface area contributed by atoms with Gasteiger partial charge in [-0.25, -0.2) is 8.78 Å². The number of rotatable bonds is 5. The molecule has 0 saturated carbocycles. The summed E-state index contributed by atoms with van der Waals surface area (Å²) in [7, 11) is 1.62. The summed E-state index contributed by atoms with van der Waals surface area (Å²) in [6, 6.07) is 10.1. The van der Waals surface area contributed by atoms with E-state index in [-0.39, 0.29) is 17.5 Å². The van der Waals surface area contributed by atoms with E-state index in [1.807, 2.05) is 19.1 Å². The van der Waals surface area contributed by atoms with E-state index >= 15 is 0 Å². The van der Waals surface area contributed by atoms with Crippen molar-refractivity contribution in [3.8, 4) is 5.75 Å². The van der Waals surface area contributed by atoms with Gasteiger partial charge in [0.1, 0.15) is 23.3 Å². The van der Waals surface area contributed by atoms with Crippen molar-refractivity contribution in [3.05, 3.63) is 59.7 Å². The van der Waals surface area contributed by atoms with Gasteiger partial charge >= 0.3 is 0 Å². The van der Waals surface area contributed by atoms with Gasteiger partial charge in [0.25, 0.3) is 0 Å². The summed E-state index contributed by atoms with van der Waals surface area (Å²) in [4.78, 5) is 26.7. The fraction of sp³-hybridized carbons (Fsp3) is 0.300. The second-order valence-corrected chi connectivity index (χ2v) is 6.42. The van der Waals surface area contributed by atoms with Crippen molar-refractivity contribution in [1.82, 2.24) is 4.90 Å². The molecule has 0 aromatic heterocycles. The molecule has 0 unspecified atom stereocenters. The molecule has 7 heteroatoms. The number of anilines is 1. The van der Waals surface area contributed by atoms with Gasteiger partial charge in [0.05, 0.1) is 12.3 Å². The van der Waals surface area contributed by atoms with Gasteiger partial charge < -0.3 is 15.0 Å². The number of likely N-dealkylation sites (tertiary alicyclic amines) is 1. The minimum Gasteiger partial charge on any atom is -0.494 e. The molecule has 1 aliphatic heterocycles. The number of likely N-dealkylation sites (N-methyl/N-ethyl adjacent to an activating group) is 1. The Labute approximate surface area is 155 Å². The number of hydrogen-bond acceptors (Lipinski definition) is 3. The van der Waals surface area contributed by atoms with Crippen LogP contribution in [-0.2, 0) is 9.59 Å². The molecule has 1 saturated heterocycles. The molecule has 1 fully saturated rings. The highest BCUT2D eigenvalue weighted by Crippen LogP contribution is 2.35. The zero-order valence-electron chi connectivity index (χ0n) is 15.0. The topological polar surface area (TPSA) is 58.6 Å². The first-order chi connectivity index (χ1) is 12.9. The second-order valence-electron chi connectivity index (χ2n) is 6.42. The lowest BCUT2D eigenvalue weighted by Crippen LogP contribution is -2.33. The van der Waals surface area contributed by atoms with E-state index in [1.165, 1.54) is 4.90 Å². The standard InChI is InChI=1S/C20H20F2N2O3/c1-3-27-14-7-4-12(5-8-14)15-11-24(2)20(26)18(15)19(25)23-17-9-6-13(21)10-16(17)22/h4-10,15,18H,3,11H2,1-2H3,(H,23,25)/t15-,18+/m1/s1. The molecular weight excluding hydrogens is 354 g/mol. The molecule has 2 aromatic carbocycles. The van der Waals surface area contributed by atoms with E-state index in [0.717, 1.165) is 17.7 Å². The predicted molar refractivity (Wildman–Crippen MR) is 96.5 cm³/mol. The maximum atomic E-state index is 13.8. The molecule has 27 heavy (non-hydrogen) atoms. The smallest absolute Gasteiger partial charge is 0.237 e. The molecule has 2 amide bonds. The summed E-state index contributed by atoms with van der Waals surface area (Å²) in [6.07, 6.45) is 0. The lowest BCUT2D eigenvalue weighted by molar-refractivity contribution is -0.135. The Kier molecular flexibility index (Phi) is 5.39. The maximum Gasteiger partial charge on any atom is 0.237 e. The molecule has 2 aromatic rings. The van der Waals surface area contributed by atoms with Crippen LogP contribution in [0.15, 0.2) is 42.5 Å². The molecular formula is C20H20F2N2O3. The molecule has 0 radical (unpaired) electrons. The van der Waals surface area contributed by atoms with Gasteiger partial charge in [0.2, 0.25) is 11.8 Å². The lowest BCUT2D eigenvalue weighted by atomic mass is 9.88. The third kappa shape index (κ3) is 3.92. The van der Waals surface area contributed by atoms with Gasteiger partial charge in [0, 0.05) is 25.6 Å². The summed E-state index contributed by atoms with van der Waals surface area (Å²) >= 11 is 0. The van der Waals surface area contributed by atoms with E-state index in [1.54, 1.807) is 19.2 Å². The quantitative estimate of drug-likeness (QED) is 0.818. The average Bonchev–Trinajstić information content (AvgIpc) is 2.93. The third-order valence-corrected chi connectivity index (χ3v) is 4.61. The highest BCUT2D eigenvalue weighted by molar-refractivity contribution is 6.08. The molecule has 142 valence electrons. The van der Waals surface area contributed by atoms with Crippen LogP contribution in [0.1, 0.15) is 18.4 Å². The van der Waals surface area contributed by atoms with Crippen LogP contribution in [0, 0.1) is 17.6 Å². The summed E-state index contributed by atoms with van der Waals surface area (Å²) in [5, 5.41) is 2.41. The van der Waals surface area contributed by atoms with Crippen LogP contribution in [0.5, 0.6) is 5.75 Å². The lowest BCUT2D eigenvalue weighted by Gasteiger charge is -2.17. The summed E-state index contributed by atoms with van der Waals surface area (Å²) in [5.74, 6) is -3.25. The second kappa shape index (κ2) is 7.73. The Hall–Kier alpha value is -2.96. The van der Waals surface area contributed by atoms with Gasteiger partial charge in [-0.05, 0) is 36.8 Å². The molecule has 1 aliphatic rings. The van der Waals surface area contributed by atoms with Gasteiger partial charge in [-0.3, -0.25) is 9.59 Å². The van der Waals surface area contributed by atoms with E-state index in [4.69, 9.17) is 4.74 Å². The number of ether oxygens (including phenoxy) is 1. The van der Waals surface area contributed by atoms with Crippen LogP contribution in [0.3, 0.4) is 0 Å².